The summed E-state index contributed by atoms with van der Waals surface area (Å²) in [5, 5.41) is 3.35. The molecule has 1 fully saturated rings. The molecular formula is C17H27ClN2O. The first-order valence-corrected chi connectivity index (χ1v) is 7.65. The fraction of sp³-hybridized carbons (Fsp3) is 0.588. The molecular weight excluding hydrogens is 284 g/mol. The van der Waals surface area contributed by atoms with Gasteiger partial charge in [-0.1, -0.05) is 26.0 Å². The van der Waals surface area contributed by atoms with E-state index in [1.807, 2.05) is 19.2 Å². The summed E-state index contributed by atoms with van der Waals surface area (Å²) in [4.78, 5) is 14.1. The second-order valence-electron chi connectivity index (χ2n) is 6.10. The first-order chi connectivity index (χ1) is 9.58. The fourth-order valence-corrected chi connectivity index (χ4v) is 2.69. The molecule has 21 heavy (non-hydrogen) atoms. The van der Waals surface area contributed by atoms with Gasteiger partial charge in [-0.3, -0.25) is 4.79 Å². The average molecular weight is 311 g/mol. The smallest absolute Gasteiger partial charge is 0.226 e. The zero-order chi connectivity index (χ0) is 14.5. The van der Waals surface area contributed by atoms with Crippen molar-refractivity contribution in [1.29, 1.82) is 0 Å². The van der Waals surface area contributed by atoms with Crippen LogP contribution in [0, 0.1) is 5.92 Å². The van der Waals surface area contributed by atoms with E-state index in [9.17, 15) is 4.79 Å². The Morgan fingerprint density at radius 2 is 2.19 bits per heavy atom. The number of nitrogens with zero attached hydrogens (tertiary/aromatic N) is 1. The summed E-state index contributed by atoms with van der Waals surface area (Å²) in [5.74, 6) is 1.38. The number of nitrogens with one attached hydrogen (secondary N) is 1. The highest BCUT2D eigenvalue weighted by Crippen LogP contribution is 2.22. The third kappa shape index (κ3) is 5.01. The van der Waals surface area contributed by atoms with Crippen LogP contribution in [0.2, 0.25) is 0 Å². The quantitative estimate of drug-likeness (QED) is 0.901. The molecule has 3 nitrogen and oxygen atoms in total. The molecule has 0 radical (unpaired) electrons. The van der Waals surface area contributed by atoms with E-state index in [1.165, 1.54) is 12.0 Å². The minimum Gasteiger partial charge on any atom is -0.316 e. The van der Waals surface area contributed by atoms with Crippen molar-refractivity contribution in [3.8, 4) is 0 Å². The molecule has 0 bridgehead atoms. The van der Waals surface area contributed by atoms with E-state index in [4.69, 9.17) is 0 Å². The zero-order valence-corrected chi connectivity index (χ0v) is 14.1. The van der Waals surface area contributed by atoms with Gasteiger partial charge in [0.1, 0.15) is 0 Å². The van der Waals surface area contributed by atoms with Gasteiger partial charge in [-0.15, -0.1) is 12.4 Å². The molecule has 1 aromatic carbocycles. The molecule has 1 amide bonds. The molecule has 1 aliphatic heterocycles. The lowest BCUT2D eigenvalue weighted by Gasteiger charge is -2.19. The predicted molar refractivity (Wildman–Crippen MR) is 91.4 cm³/mol. The number of carbonyl (C=O) groups excluding carboxylic acids is 1. The maximum atomic E-state index is 12.3. The van der Waals surface area contributed by atoms with Crippen molar-refractivity contribution in [3.63, 3.8) is 0 Å². The van der Waals surface area contributed by atoms with Crippen molar-refractivity contribution in [3.05, 3.63) is 29.8 Å². The van der Waals surface area contributed by atoms with Crippen LogP contribution in [-0.4, -0.2) is 26.0 Å². The molecule has 1 aliphatic rings. The van der Waals surface area contributed by atoms with Gasteiger partial charge in [0.2, 0.25) is 5.91 Å². The molecule has 4 heteroatoms. The SMILES string of the molecule is CC(C)c1cccc(N(C)C(=O)CCC2CCNC2)c1.Cl. The molecule has 1 saturated heterocycles. The van der Waals surface area contributed by atoms with E-state index in [0.29, 0.717) is 18.3 Å². The molecule has 1 N–H and O–H groups in total. The number of halogens is 1. The van der Waals surface area contributed by atoms with E-state index in [1.54, 1.807) is 4.90 Å². The van der Waals surface area contributed by atoms with Gasteiger partial charge in [0, 0.05) is 19.2 Å². The van der Waals surface area contributed by atoms with Crippen LogP contribution in [0.25, 0.3) is 0 Å². The topological polar surface area (TPSA) is 32.3 Å². The highest BCUT2D eigenvalue weighted by atomic mass is 35.5. The molecule has 0 aliphatic carbocycles. The Balaban J connectivity index is 0.00000220. The first kappa shape index (κ1) is 18.0. The van der Waals surface area contributed by atoms with Crippen LogP contribution in [0.5, 0.6) is 0 Å². The summed E-state index contributed by atoms with van der Waals surface area (Å²) in [7, 11) is 1.88. The summed E-state index contributed by atoms with van der Waals surface area (Å²) >= 11 is 0. The minimum absolute atomic E-state index is 0. The second-order valence-corrected chi connectivity index (χ2v) is 6.10. The van der Waals surface area contributed by atoms with E-state index in [0.717, 1.165) is 25.2 Å². The number of hydrogen-bond donors (Lipinski definition) is 1. The Morgan fingerprint density at radius 3 is 2.81 bits per heavy atom. The van der Waals surface area contributed by atoms with Crippen LogP contribution in [0.15, 0.2) is 24.3 Å². The normalized spacial score (nSPS) is 17.6. The monoisotopic (exact) mass is 310 g/mol. The van der Waals surface area contributed by atoms with Crippen LogP contribution in [0.1, 0.15) is 44.6 Å². The number of benzene rings is 1. The number of rotatable bonds is 5. The largest absolute Gasteiger partial charge is 0.316 e. The first-order valence-electron chi connectivity index (χ1n) is 7.65. The highest BCUT2D eigenvalue weighted by Gasteiger charge is 2.18. The van der Waals surface area contributed by atoms with Crippen LogP contribution < -0.4 is 10.2 Å². The molecule has 1 aromatic rings. The lowest BCUT2D eigenvalue weighted by molar-refractivity contribution is -0.118. The third-order valence-corrected chi connectivity index (χ3v) is 4.23. The van der Waals surface area contributed by atoms with Crippen molar-refractivity contribution in [2.45, 2.75) is 39.0 Å². The molecule has 0 saturated carbocycles. The van der Waals surface area contributed by atoms with E-state index in [2.05, 4.69) is 31.3 Å². The maximum Gasteiger partial charge on any atom is 0.226 e. The van der Waals surface area contributed by atoms with Crippen molar-refractivity contribution in [2.75, 3.05) is 25.0 Å². The standard InChI is InChI=1S/C17H26N2O.ClH/c1-13(2)15-5-4-6-16(11-15)19(3)17(20)8-7-14-9-10-18-12-14;/h4-6,11,13-14,18H,7-10,12H2,1-3H3;1H. The Hall–Kier alpha value is -1.06. The summed E-state index contributed by atoms with van der Waals surface area (Å²) in [6, 6.07) is 8.30. The van der Waals surface area contributed by atoms with E-state index >= 15 is 0 Å². The van der Waals surface area contributed by atoms with E-state index in [-0.39, 0.29) is 18.3 Å². The Kier molecular flexibility index (Phi) is 7.20. The second kappa shape index (κ2) is 8.40. The minimum atomic E-state index is 0. The fourth-order valence-electron chi connectivity index (χ4n) is 2.69. The van der Waals surface area contributed by atoms with Gasteiger partial charge < -0.3 is 10.2 Å². The van der Waals surface area contributed by atoms with E-state index < -0.39 is 0 Å². The molecule has 118 valence electrons. The lowest BCUT2D eigenvalue weighted by atomic mass is 10.0. The van der Waals surface area contributed by atoms with Crippen molar-refractivity contribution in [2.24, 2.45) is 5.92 Å². The number of amides is 1. The summed E-state index contributed by atoms with van der Waals surface area (Å²) in [5.41, 5.74) is 2.29. The average Bonchev–Trinajstić information content (AvgIpc) is 2.97. The molecule has 0 aromatic heterocycles. The van der Waals surface area contributed by atoms with Crippen molar-refractivity contribution >= 4 is 24.0 Å². The Morgan fingerprint density at radius 1 is 1.43 bits per heavy atom. The molecule has 1 atom stereocenters. The molecule has 2 rings (SSSR count). The van der Waals surface area contributed by atoms with Crippen LogP contribution in [0.4, 0.5) is 5.69 Å². The molecule has 1 unspecified atom stereocenters. The van der Waals surface area contributed by atoms with Crippen molar-refractivity contribution < 1.29 is 4.79 Å². The number of carbonyl (C=O) groups is 1. The van der Waals surface area contributed by atoms with Crippen LogP contribution >= 0.6 is 12.4 Å². The van der Waals surface area contributed by atoms with Crippen LogP contribution in [-0.2, 0) is 4.79 Å². The van der Waals surface area contributed by atoms with Gasteiger partial charge in [-0.2, -0.15) is 0 Å². The zero-order valence-electron chi connectivity index (χ0n) is 13.3. The highest BCUT2D eigenvalue weighted by molar-refractivity contribution is 5.92. The number of anilines is 1. The summed E-state index contributed by atoms with van der Waals surface area (Å²) < 4.78 is 0. The molecule has 0 spiro atoms. The van der Waals surface area contributed by atoms with Gasteiger partial charge in [-0.05, 0) is 55.5 Å². The molecule has 1 heterocycles. The van der Waals surface area contributed by atoms with Crippen molar-refractivity contribution in [1.82, 2.24) is 5.32 Å². The summed E-state index contributed by atoms with van der Waals surface area (Å²) in [6.07, 6.45) is 2.86. The third-order valence-electron chi connectivity index (χ3n) is 4.23. The summed E-state index contributed by atoms with van der Waals surface area (Å²) in [6.45, 7) is 6.52. The van der Waals surface area contributed by atoms with Gasteiger partial charge in [-0.25, -0.2) is 0 Å². The lowest BCUT2D eigenvalue weighted by Crippen LogP contribution is -2.26. The van der Waals surface area contributed by atoms with Gasteiger partial charge in [0.15, 0.2) is 0 Å². The predicted octanol–water partition coefficient (Wildman–Crippen LogP) is 3.58. The van der Waals surface area contributed by atoms with Gasteiger partial charge in [0.25, 0.3) is 0 Å². The Bertz CT molecular complexity index is 456. The number of hydrogen-bond acceptors (Lipinski definition) is 2. The van der Waals surface area contributed by atoms with Gasteiger partial charge in [0.05, 0.1) is 0 Å². The van der Waals surface area contributed by atoms with Crippen LogP contribution in [0.3, 0.4) is 0 Å². The Labute approximate surface area is 134 Å². The van der Waals surface area contributed by atoms with Gasteiger partial charge >= 0.3 is 0 Å². The maximum absolute atomic E-state index is 12.3.